The molecule has 2 aromatic carbocycles. The Balaban J connectivity index is 2.48. The van der Waals surface area contributed by atoms with Crippen LogP contribution in [0.1, 0.15) is 16.7 Å². The molecule has 0 saturated carbocycles. The molecule has 0 fully saturated rings. The van der Waals surface area contributed by atoms with Crippen molar-refractivity contribution in [2.75, 3.05) is 0 Å². The van der Waals surface area contributed by atoms with Gasteiger partial charge in [-0.25, -0.2) is 4.39 Å². The van der Waals surface area contributed by atoms with E-state index >= 15 is 0 Å². The number of hydrogen-bond donors (Lipinski definition) is 0. The van der Waals surface area contributed by atoms with Crippen molar-refractivity contribution in [3.8, 4) is 0 Å². The van der Waals surface area contributed by atoms with Gasteiger partial charge in [0.15, 0.2) is 4.33 Å². The van der Waals surface area contributed by atoms with Crippen LogP contribution in [0.3, 0.4) is 0 Å². The predicted molar refractivity (Wildman–Crippen MR) is 84.6 cm³/mol. The van der Waals surface area contributed by atoms with E-state index in [1.54, 1.807) is 24.3 Å². The summed E-state index contributed by atoms with van der Waals surface area (Å²) < 4.78 is 11.0. The Morgan fingerprint density at radius 2 is 1.35 bits per heavy atom. The fraction of sp³-hybridized carbons (Fsp3) is 0.143. The second-order valence-electron chi connectivity index (χ2n) is 4.13. The van der Waals surface area contributed by atoms with Crippen LogP contribution >= 0.6 is 58.0 Å². The van der Waals surface area contributed by atoms with Crippen LogP contribution in [0.4, 0.5) is 4.39 Å². The first-order valence-electron chi connectivity index (χ1n) is 5.53. The standard InChI is InChI=1S/C14H8Cl5F/c15-13(16,9-4-2-1-3-5-9)11-7-6-10(8-12(11)20)14(17,18)19/h1-8H. The van der Waals surface area contributed by atoms with Crippen LogP contribution < -0.4 is 0 Å². The zero-order valence-electron chi connectivity index (χ0n) is 9.89. The van der Waals surface area contributed by atoms with Gasteiger partial charge in [-0.15, -0.1) is 0 Å². The van der Waals surface area contributed by atoms with Gasteiger partial charge in [0.2, 0.25) is 3.79 Å². The van der Waals surface area contributed by atoms with E-state index in [1.807, 2.05) is 6.07 Å². The summed E-state index contributed by atoms with van der Waals surface area (Å²) in [6, 6.07) is 12.8. The lowest BCUT2D eigenvalue weighted by Crippen LogP contribution is -2.15. The molecule has 0 aliphatic rings. The maximum absolute atomic E-state index is 14.2. The molecular weight excluding hydrogens is 364 g/mol. The highest BCUT2D eigenvalue weighted by Crippen LogP contribution is 2.44. The van der Waals surface area contributed by atoms with Crippen LogP contribution in [0.15, 0.2) is 48.5 Å². The summed E-state index contributed by atoms with van der Waals surface area (Å²) >= 11 is 29.7. The van der Waals surface area contributed by atoms with E-state index in [0.29, 0.717) is 5.56 Å². The molecule has 0 saturated heterocycles. The number of alkyl halides is 5. The van der Waals surface area contributed by atoms with Gasteiger partial charge in [-0.2, -0.15) is 0 Å². The number of rotatable bonds is 2. The van der Waals surface area contributed by atoms with Crippen LogP contribution in [0, 0.1) is 5.82 Å². The molecule has 20 heavy (non-hydrogen) atoms. The third-order valence-electron chi connectivity index (χ3n) is 2.77. The van der Waals surface area contributed by atoms with Gasteiger partial charge in [-0.1, -0.05) is 100 Å². The van der Waals surface area contributed by atoms with Crippen molar-refractivity contribution in [3.63, 3.8) is 0 Å². The van der Waals surface area contributed by atoms with Crippen molar-refractivity contribution in [2.45, 2.75) is 8.13 Å². The lowest BCUT2D eigenvalue weighted by molar-refractivity contribution is 0.606. The minimum absolute atomic E-state index is 0.102. The average molecular weight is 372 g/mol. The SMILES string of the molecule is Fc1cc(C(Cl)(Cl)Cl)ccc1C(Cl)(Cl)c1ccccc1. The summed E-state index contributed by atoms with van der Waals surface area (Å²) in [7, 11) is 0. The first-order chi connectivity index (χ1) is 9.23. The topological polar surface area (TPSA) is 0 Å². The molecule has 0 amide bonds. The van der Waals surface area contributed by atoms with Gasteiger partial charge in [0, 0.05) is 11.1 Å². The summed E-state index contributed by atoms with van der Waals surface area (Å²) in [5.41, 5.74) is 0.870. The summed E-state index contributed by atoms with van der Waals surface area (Å²) in [4.78, 5) is 0. The Kier molecular flexibility index (Phi) is 4.78. The summed E-state index contributed by atoms with van der Waals surface area (Å²) in [5.74, 6) is -0.636. The summed E-state index contributed by atoms with van der Waals surface area (Å²) in [6.45, 7) is 0. The first-order valence-corrected chi connectivity index (χ1v) is 7.42. The molecular formula is C14H8Cl5F. The molecule has 6 heteroatoms. The molecule has 0 nitrogen and oxygen atoms in total. The third-order valence-corrected chi connectivity index (χ3v) is 4.27. The molecule has 0 unspecified atom stereocenters. The second kappa shape index (κ2) is 5.90. The molecule has 0 heterocycles. The molecule has 0 aromatic heterocycles. The van der Waals surface area contributed by atoms with Gasteiger partial charge in [0.05, 0.1) is 0 Å². The van der Waals surface area contributed by atoms with Crippen LogP contribution in [0.5, 0.6) is 0 Å². The molecule has 106 valence electrons. The molecule has 0 aliphatic heterocycles. The van der Waals surface area contributed by atoms with E-state index in [-0.39, 0.29) is 11.1 Å². The van der Waals surface area contributed by atoms with Crippen molar-refractivity contribution in [1.82, 2.24) is 0 Å². The zero-order valence-corrected chi connectivity index (χ0v) is 13.7. The maximum Gasteiger partial charge on any atom is 0.216 e. The predicted octanol–water partition coefficient (Wildman–Crippen LogP) is 6.33. The van der Waals surface area contributed by atoms with Crippen molar-refractivity contribution >= 4 is 58.0 Å². The molecule has 0 atom stereocenters. The van der Waals surface area contributed by atoms with Crippen molar-refractivity contribution in [2.24, 2.45) is 0 Å². The fourth-order valence-corrected chi connectivity index (χ4v) is 2.66. The van der Waals surface area contributed by atoms with Crippen LogP contribution in [0.25, 0.3) is 0 Å². The largest absolute Gasteiger partial charge is 0.216 e. The molecule has 0 bridgehead atoms. The van der Waals surface area contributed by atoms with Gasteiger partial charge < -0.3 is 0 Å². The second-order valence-corrected chi connectivity index (χ2v) is 7.74. The Hall–Kier alpha value is -0.180. The van der Waals surface area contributed by atoms with E-state index in [0.717, 1.165) is 6.07 Å². The molecule has 0 N–H and O–H groups in total. The van der Waals surface area contributed by atoms with Gasteiger partial charge >= 0.3 is 0 Å². The van der Waals surface area contributed by atoms with E-state index in [1.165, 1.54) is 12.1 Å². The van der Waals surface area contributed by atoms with E-state index < -0.39 is 13.9 Å². The highest BCUT2D eigenvalue weighted by atomic mass is 35.6. The average Bonchev–Trinajstić information content (AvgIpc) is 2.38. The smallest absolute Gasteiger partial charge is 0.207 e. The van der Waals surface area contributed by atoms with E-state index in [9.17, 15) is 4.39 Å². The van der Waals surface area contributed by atoms with Crippen LogP contribution in [-0.4, -0.2) is 0 Å². The Morgan fingerprint density at radius 3 is 1.85 bits per heavy atom. The molecule has 2 rings (SSSR count). The van der Waals surface area contributed by atoms with Crippen LogP contribution in [-0.2, 0) is 8.13 Å². The summed E-state index contributed by atoms with van der Waals surface area (Å²) in [6.07, 6.45) is 0. The summed E-state index contributed by atoms with van der Waals surface area (Å²) in [5, 5.41) is 0. The van der Waals surface area contributed by atoms with E-state index in [2.05, 4.69) is 0 Å². The Bertz CT molecular complexity index is 605. The van der Waals surface area contributed by atoms with Crippen molar-refractivity contribution in [3.05, 3.63) is 71.0 Å². The maximum atomic E-state index is 14.2. The number of benzene rings is 2. The van der Waals surface area contributed by atoms with Gasteiger partial charge in [-0.05, 0) is 11.6 Å². The van der Waals surface area contributed by atoms with Crippen LogP contribution in [0.2, 0.25) is 0 Å². The highest BCUT2D eigenvalue weighted by molar-refractivity contribution is 6.66. The minimum Gasteiger partial charge on any atom is -0.207 e. The molecule has 0 spiro atoms. The Morgan fingerprint density at radius 1 is 0.750 bits per heavy atom. The fourth-order valence-electron chi connectivity index (χ4n) is 1.75. The van der Waals surface area contributed by atoms with E-state index in [4.69, 9.17) is 58.0 Å². The monoisotopic (exact) mass is 370 g/mol. The number of halogens is 6. The highest BCUT2D eigenvalue weighted by Gasteiger charge is 2.33. The lowest BCUT2D eigenvalue weighted by Gasteiger charge is -2.22. The first kappa shape index (κ1) is 16.2. The third kappa shape index (κ3) is 3.35. The zero-order chi connectivity index (χ0) is 15.0. The van der Waals surface area contributed by atoms with Gasteiger partial charge in [-0.3, -0.25) is 0 Å². The van der Waals surface area contributed by atoms with Gasteiger partial charge in [0.25, 0.3) is 0 Å². The molecule has 2 aromatic rings. The van der Waals surface area contributed by atoms with Crippen molar-refractivity contribution in [1.29, 1.82) is 0 Å². The Labute approximate surface area is 141 Å². The lowest BCUT2D eigenvalue weighted by atomic mass is 10.0. The van der Waals surface area contributed by atoms with Crippen molar-refractivity contribution < 1.29 is 4.39 Å². The van der Waals surface area contributed by atoms with Gasteiger partial charge in [0.1, 0.15) is 5.82 Å². The number of hydrogen-bond acceptors (Lipinski definition) is 0. The minimum atomic E-state index is -1.70. The normalized spacial score (nSPS) is 12.5. The quantitative estimate of drug-likeness (QED) is 0.540. The molecule has 0 radical (unpaired) electrons. The molecule has 0 aliphatic carbocycles.